The molecule has 2 atom stereocenters. The number of thioether (sulfide) groups is 1. The summed E-state index contributed by atoms with van der Waals surface area (Å²) in [5.41, 5.74) is 0. The summed E-state index contributed by atoms with van der Waals surface area (Å²) in [7, 11) is 1.87. The van der Waals surface area contributed by atoms with Crippen molar-refractivity contribution in [2.24, 2.45) is 0 Å². The van der Waals surface area contributed by atoms with Crippen molar-refractivity contribution in [3.05, 3.63) is 30.3 Å². The average Bonchev–Trinajstić information content (AvgIpc) is 2.46. The molecule has 1 rings (SSSR count). The lowest BCUT2D eigenvalue weighted by molar-refractivity contribution is 0.0887. The Morgan fingerprint density at radius 1 is 1.00 bits per heavy atom. The highest BCUT2D eigenvalue weighted by molar-refractivity contribution is 8.00. The van der Waals surface area contributed by atoms with Crippen LogP contribution in [0.2, 0.25) is 0 Å². The summed E-state index contributed by atoms with van der Waals surface area (Å²) in [6.07, 6.45) is 7.87. The second-order valence-electron chi connectivity index (χ2n) is 5.03. The minimum absolute atomic E-state index is 0.386. The molecular weight excluding hydrogens is 252 g/mol. The van der Waals surface area contributed by atoms with E-state index >= 15 is 0 Å². The maximum Gasteiger partial charge on any atom is 0.0693 e. The first-order valence-corrected chi connectivity index (χ1v) is 8.44. The first-order valence-electron chi connectivity index (χ1n) is 7.56. The summed E-state index contributed by atoms with van der Waals surface area (Å²) >= 11 is 1.99. The minimum atomic E-state index is 0.386. The molecule has 0 saturated carbocycles. The van der Waals surface area contributed by atoms with E-state index in [4.69, 9.17) is 4.74 Å². The van der Waals surface area contributed by atoms with Gasteiger partial charge in [0.25, 0.3) is 0 Å². The Hall–Kier alpha value is -0.470. The normalized spacial score (nSPS) is 14.3. The van der Waals surface area contributed by atoms with E-state index in [-0.39, 0.29) is 0 Å². The molecule has 0 aliphatic carbocycles. The first-order chi connectivity index (χ1) is 9.31. The summed E-state index contributed by atoms with van der Waals surface area (Å²) in [6, 6.07) is 10.7. The van der Waals surface area contributed by atoms with Gasteiger partial charge in [-0.2, -0.15) is 0 Å². The van der Waals surface area contributed by atoms with Gasteiger partial charge in [-0.25, -0.2) is 0 Å². The predicted molar refractivity (Wildman–Crippen MR) is 85.9 cm³/mol. The van der Waals surface area contributed by atoms with Crippen molar-refractivity contribution in [3.63, 3.8) is 0 Å². The first kappa shape index (κ1) is 16.6. The summed E-state index contributed by atoms with van der Waals surface area (Å²) in [5.74, 6) is 0. The fraction of sp³-hybridized carbons (Fsp3) is 0.647. The molecular formula is C17H28OS. The number of unbranched alkanes of at least 4 members (excludes halogenated alkanes) is 2. The number of rotatable bonds is 10. The zero-order valence-corrected chi connectivity index (χ0v) is 13.4. The van der Waals surface area contributed by atoms with Crippen molar-refractivity contribution in [1.29, 1.82) is 0 Å². The van der Waals surface area contributed by atoms with Crippen molar-refractivity contribution in [1.82, 2.24) is 0 Å². The van der Waals surface area contributed by atoms with Crippen LogP contribution in [0.15, 0.2) is 35.2 Å². The Kier molecular flexibility index (Phi) is 9.02. The molecule has 0 aliphatic heterocycles. The standard InChI is InChI=1S/C17H28OS/c1-4-6-13-16(18-3)17(14-7-5-2)19-15-11-9-8-10-12-15/h8-12,16-17H,4-7,13-14H2,1-3H3/t16-,17+/m1/s1. The molecule has 0 spiro atoms. The van der Waals surface area contributed by atoms with Crippen LogP contribution < -0.4 is 0 Å². The molecule has 0 amide bonds. The number of benzene rings is 1. The number of ether oxygens (including phenoxy) is 1. The van der Waals surface area contributed by atoms with Gasteiger partial charge >= 0.3 is 0 Å². The Bertz CT molecular complexity index is 312. The average molecular weight is 280 g/mol. The van der Waals surface area contributed by atoms with Gasteiger partial charge in [0.2, 0.25) is 0 Å². The van der Waals surface area contributed by atoms with Gasteiger partial charge in [-0.05, 0) is 25.0 Å². The molecule has 0 N–H and O–H groups in total. The Morgan fingerprint density at radius 3 is 2.21 bits per heavy atom. The van der Waals surface area contributed by atoms with Crippen LogP contribution in [0.1, 0.15) is 52.4 Å². The van der Waals surface area contributed by atoms with Gasteiger partial charge in [0.05, 0.1) is 6.10 Å². The molecule has 0 fully saturated rings. The number of hydrogen-bond acceptors (Lipinski definition) is 2. The maximum absolute atomic E-state index is 5.76. The molecule has 0 aliphatic rings. The van der Waals surface area contributed by atoms with E-state index in [9.17, 15) is 0 Å². The van der Waals surface area contributed by atoms with Crippen molar-refractivity contribution >= 4 is 11.8 Å². The quantitative estimate of drug-likeness (QED) is 0.520. The van der Waals surface area contributed by atoms with Crippen LogP contribution in [0.25, 0.3) is 0 Å². The lowest BCUT2D eigenvalue weighted by Gasteiger charge is -2.25. The molecule has 1 aromatic carbocycles. The Morgan fingerprint density at radius 2 is 1.63 bits per heavy atom. The van der Waals surface area contributed by atoms with Crippen LogP contribution in [0, 0.1) is 0 Å². The lowest BCUT2D eigenvalue weighted by Crippen LogP contribution is -2.25. The SMILES string of the molecule is CCCC[C@H](Sc1ccccc1)[C@@H](CCCC)OC. The summed E-state index contributed by atoms with van der Waals surface area (Å²) in [4.78, 5) is 1.36. The van der Waals surface area contributed by atoms with Gasteiger partial charge in [-0.3, -0.25) is 0 Å². The van der Waals surface area contributed by atoms with E-state index in [2.05, 4.69) is 44.2 Å². The molecule has 0 heterocycles. The molecule has 0 saturated heterocycles. The van der Waals surface area contributed by atoms with Crippen LogP contribution in [0.5, 0.6) is 0 Å². The van der Waals surface area contributed by atoms with E-state index in [1.165, 1.54) is 43.4 Å². The molecule has 19 heavy (non-hydrogen) atoms. The van der Waals surface area contributed by atoms with Gasteiger partial charge < -0.3 is 4.74 Å². The highest BCUT2D eigenvalue weighted by Gasteiger charge is 2.21. The molecule has 108 valence electrons. The fourth-order valence-electron chi connectivity index (χ4n) is 2.26. The van der Waals surface area contributed by atoms with Gasteiger partial charge in [0.15, 0.2) is 0 Å². The van der Waals surface area contributed by atoms with Crippen LogP contribution in [0.3, 0.4) is 0 Å². The third-order valence-electron chi connectivity index (χ3n) is 3.43. The topological polar surface area (TPSA) is 9.23 Å². The van der Waals surface area contributed by atoms with Crippen molar-refractivity contribution in [3.8, 4) is 0 Å². The summed E-state index contributed by atoms with van der Waals surface area (Å²) < 4.78 is 5.76. The molecule has 0 unspecified atom stereocenters. The van der Waals surface area contributed by atoms with E-state index in [1.807, 2.05) is 18.9 Å². The maximum atomic E-state index is 5.76. The Labute approximate surface area is 123 Å². The molecule has 1 aromatic rings. The van der Waals surface area contributed by atoms with Crippen molar-refractivity contribution in [2.75, 3.05) is 7.11 Å². The second kappa shape index (κ2) is 10.3. The second-order valence-corrected chi connectivity index (χ2v) is 6.34. The molecule has 1 nitrogen and oxygen atoms in total. The fourth-order valence-corrected chi connectivity index (χ4v) is 3.61. The molecule has 2 heteroatoms. The summed E-state index contributed by atoms with van der Waals surface area (Å²) in [5, 5.41) is 0.582. The summed E-state index contributed by atoms with van der Waals surface area (Å²) in [6.45, 7) is 4.51. The highest BCUT2D eigenvalue weighted by atomic mass is 32.2. The van der Waals surface area contributed by atoms with Crippen LogP contribution >= 0.6 is 11.8 Å². The molecule has 0 bridgehead atoms. The van der Waals surface area contributed by atoms with E-state index in [1.54, 1.807) is 0 Å². The highest BCUT2D eigenvalue weighted by Crippen LogP contribution is 2.31. The predicted octanol–water partition coefficient (Wildman–Crippen LogP) is 5.54. The zero-order valence-electron chi connectivity index (χ0n) is 12.6. The van der Waals surface area contributed by atoms with E-state index < -0.39 is 0 Å². The molecule has 0 radical (unpaired) electrons. The zero-order chi connectivity index (χ0) is 13.9. The molecule has 0 aromatic heterocycles. The van der Waals surface area contributed by atoms with Crippen molar-refractivity contribution in [2.45, 2.75) is 68.6 Å². The van der Waals surface area contributed by atoms with Gasteiger partial charge in [-0.15, -0.1) is 11.8 Å². The Balaban J connectivity index is 2.63. The van der Waals surface area contributed by atoms with Crippen LogP contribution in [-0.4, -0.2) is 18.5 Å². The smallest absolute Gasteiger partial charge is 0.0693 e. The third kappa shape index (κ3) is 6.49. The van der Waals surface area contributed by atoms with E-state index in [0.717, 1.165) is 0 Å². The van der Waals surface area contributed by atoms with Gasteiger partial charge in [0, 0.05) is 17.3 Å². The monoisotopic (exact) mass is 280 g/mol. The van der Waals surface area contributed by atoms with E-state index in [0.29, 0.717) is 11.4 Å². The number of methoxy groups -OCH3 is 1. The number of hydrogen-bond donors (Lipinski definition) is 0. The largest absolute Gasteiger partial charge is 0.380 e. The minimum Gasteiger partial charge on any atom is -0.380 e. The van der Waals surface area contributed by atoms with Crippen molar-refractivity contribution < 1.29 is 4.74 Å². The van der Waals surface area contributed by atoms with Gasteiger partial charge in [0.1, 0.15) is 0 Å². The third-order valence-corrected chi connectivity index (χ3v) is 4.82. The lowest BCUT2D eigenvalue weighted by atomic mass is 10.0. The van der Waals surface area contributed by atoms with Crippen LogP contribution in [-0.2, 0) is 4.74 Å². The van der Waals surface area contributed by atoms with Gasteiger partial charge in [-0.1, -0.05) is 57.7 Å². The van der Waals surface area contributed by atoms with Crippen LogP contribution in [0.4, 0.5) is 0 Å².